The van der Waals surface area contributed by atoms with Crippen LogP contribution in [0.3, 0.4) is 0 Å². The smallest absolute Gasteiger partial charge is 0.0361 e. The van der Waals surface area contributed by atoms with Gasteiger partial charge in [0.05, 0.1) is 0 Å². The molecule has 122 valence electrons. The van der Waals surface area contributed by atoms with Gasteiger partial charge in [-0.1, -0.05) is 42.9 Å². The fourth-order valence-corrected chi connectivity index (χ4v) is 1.96. The Labute approximate surface area is 137 Å². The van der Waals surface area contributed by atoms with E-state index in [0.717, 1.165) is 30.5 Å². The third-order valence-corrected chi connectivity index (χ3v) is 3.87. The van der Waals surface area contributed by atoms with Crippen molar-refractivity contribution in [3.05, 3.63) is 59.3 Å². The van der Waals surface area contributed by atoms with Crippen LogP contribution in [0.5, 0.6) is 0 Å². The molecule has 1 heteroatoms. The Balaban J connectivity index is 4.91. The molecule has 0 aliphatic rings. The number of rotatable bonds is 9. The van der Waals surface area contributed by atoms with E-state index in [2.05, 4.69) is 64.9 Å². The van der Waals surface area contributed by atoms with Gasteiger partial charge < -0.3 is 0 Å². The zero-order chi connectivity index (χ0) is 17.1. The first-order valence-electron chi connectivity index (χ1n) is 8.16. The third-order valence-electron chi connectivity index (χ3n) is 3.87. The van der Waals surface area contributed by atoms with Crippen LogP contribution >= 0.6 is 0 Å². The molecule has 0 aliphatic carbocycles. The number of aliphatic imine (C=N–C) groups is 1. The first-order chi connectivity index (χ1) is 10.3. The van der Waals surface area contributed by atoms with Gasteiger partial charge >= 0.3 is 0 Å². The van der Waals surface area contributed by atoms with Gasteiger partial charge in [0.1, 0.15) is 0 Å². The summed E-state index contributed by atoms with van der Waals surface area (Å²) in [6, 6.07) is 0. The highest BCUT2D eigenvalue weighted by molar-refractivity contribution is 5.78. The van der Waals surface area contributed by atoms with Gasteiger partial charge in [0.25, 0.3) is 0 Å². The molecular weight excluding hydrogens is 266 g/mol. The van der Waals surface area contributed by atoms with Crippen molar-refractivity contribution in [2.24, 2.45) is 10.9 Å². The van der Waals surface area contributed by atoms with Crippen molar-refractivity contribution in [2.75, 3.05) is 6.54 Å². The Hall–Kier alpha value is -1.63. The van der Waals surface area contributed by atoms with Gasteiger partial charge in [-0.2, -0.15) is 0 Å². The van der Waals surface area contributed by atoms with Crippen LogP contribution in [0.1, 0.15) is 54.4 Å². The quantitative estimate of drug-likeness (QED) is 0.263. The number of hydrogen-bond donors (Lipinski definition) is 0. The van der Waals surface area contributed by atoms with E-state index >= 15 is 0 Å². The summed E-state index contributed by atoms with van der Waals surface area (Å²) in [7, 11) is 0. The summed E-state index contributed by atoms with van der Waals surface area (Å²) < 4.78 is 0. The molecular formula is C21H33N. The minimum atomic E-state index is 0.575. The molecule has 0 aromatic rings. The van der Waals surface area contributed by atoms with Crippen molar-refractivity contribution in [2.45, 2.75) is 54.4 Å². The summed E-state index contributed by atoms with van der Waals surface area (Å²) in [5.41, 5.74) is 6.17. The number of allylic oxidation sites excluding steroid dienone is 8. The normalized spacial score (nSPS) is 15.7. The van der Waals surface area contributed by atoms with Gasteiger partial charge in [-0.3, -0.25) is 4.99 Å². The molecule has 0 aliphatic heterocycles. The van der Waals surface area contributed by atoms with Gasteiger partial charge in [-0.05, 0) is 70.1 Å². The Morgan fingerprint density at radius 3 is 2.32 bits per heavy atom. The van der Waals surface area contributed by atoms with E-state index in [0.29, 0.717) is 5.92 Å². The molecule has 22 heavy (non-hydrogen) atoms. The second-order valence-electron chi connectivity index (χ2n) is 6.08. The van der Waals surface area contributed by atoms with Gasteiger partial charge in [-0.25, -0.2) is 0 Å². The summed E-state index contributed by atoms with van der Waals surface area (Å²) in [6.45, 7) is 21.6. The lowest BCUT2D eigenvalue weighted by molar-refractivity contribution is 0.644. The van der Waals surface area contributed by atoms with E-state index in [1.54, 1.807) is 0 Å². The van der Waals surface area contributed by atoms with Crippen molar-refractivity contribution in [3.8, 4) is 0 Å². The average Bonchev–Trinajstić information content (AvgIpc) is 2.49. The fraction of sp³-hybridized carbons (Fsp3) is 0.476. The molecule has 0 amide bonds. The van der Waals surface area contributed by atoms with Crippen molar-refractivity contribution in [3.63, 3.8) is 0 Å². The second-order valence-corrected chi connectivity index (χ2v) is 6.08. The Kier molecular flexibility index (Phi) is 10.2. The van der Waals surface area contributed by atoms with E-state index in [4.69, 9.17) is 0 Å². The molecule has 1 unspecified atom stereocenters. The summed E-state index contributed by atoms with van der Waals surface area (Å²) in [4.78, 5) is 4.25. The Morgan fingerprint density at radius 1 is 1.14 bits per heavy atom. The van der Waals surface area contributed by atoms with Gasteiger partial charge in [0.15, 0.2) is 0 Å². The monoisotopic (exact) mass is 299 g/mol. The molecule has 1 atom stereocenters. The van der Waals surface area contributed by atoms with E-state index in [1.807, 2.05) is 19.2 Å². The van der Waals surface area contributed by atoms with E-state index in [-0.39, 0.29) is 0 Å². The summed E-state index contributed by atoms with van der Waals surface area (Å²) in [5.74, 6) is 0.575. The lowest BCUT2D eigenvalue weighted by Gasteiger charge is -2.09. The van der Waals surface area contributed by atoms with Crippen LogP contribution in [-0.2, 0) is 0 Å². The SMILES string of the molecule is C=CC(C)CC/C(C)=C(C)\C=C(/C)C(=C)/C=C(/C)C=NCC. The Morgan fingerprint density at radius 2 is 1.77 bits per heavy atom. The highest BCUT2D eigenvalue weighted by Crippen LogP contribution is 2.19. The first-order valence-corrected chi connectivity index (χ1v) is 8.16. The topological polar surface area (TPSA) is 12.4 Å². The zero-order valence-electron chi connectivity index (χ0n) is 15.4. The van der Waals surface area contributed by atoms with Crippen LogP contribution in [0.2, 0.25) is 0 Å². The maximum atomic E-state index is 4.25. The van der Waals surface area contributed by atoms with Crippen LogP contribution in [0.4, 0.5) is 0 Å². The number of nitrogens with zero attached hydrogens (tertiary/aromatic N) is 1. The molecule has 0 heterocycles. The number of hydrogen-bond acceptors (Lipinski definition) is 1. The predicted molar refractivity (Wildman–Crippen MR) is 103 cm³/mol. The minimum Gasteiger partial charge on any atom is -0.293 e. The first kappa shape index (κ1) is 20.4. The highest BCUT2D eigenvalue weighted by atomic mass is 14.7. The lowest BCUT2D eigenvalue weighted by Crippen LogP contribution is -1.92. The summed E-state index contributed by atoms with van der Waals surface area (Å²) in [6.07, 6.45) is 10.5. The van der Waals surface area contributed by atoms with Crippen LogP contribution in [0, 0.1) is 5.92 Å². The molecule has 0 N–H and O–H groups in total. The molecule has 0 saturated heterocycles. The standard InChI is InChI=1S/C21H33N/c1-9-16(3)11-12-18(5)20(7)14-21(8)19(6)13-17(4)15-22-10-2/h9,13-16H,1,6,10-12H2,2-5,7-8H3/b17-13-,20-18-,21-14+,22-15?. The average molecular weight is 300 g/mol. The van der Waals surface area contributed by atoms with E-state index in [9.17, 15) is 0 Å². The largest absolute Gasteiger partial charge is 0.293 e. The molecule has 0 bridgehead atoms. The van der Waals surface area contributed by atoms with E-state index < -0.39 is 0 Å². The van der Waals surface area contributed by atoms with Gasteiger partial charge in [0, 0.05) is 12.8 Å². The lowest BCUT2D eigenvalue weighted by atomic mass is 9.97. The van der Waals surface area contributed by atoms with Crippen molar-refractivity contribution < 1.29 is 0 Å². The predicted octanol–water partition coefficient (Wildman–Crippen LogP) is 6.46. The van der Waals surface area contributed by atoms with Crippen molar-refractivity contribution in [1.29, 1.82) is 0 Å². The molecule has 0 saturated carbocycles. The van der Waals surface area contributed by atoms with Crippen LogP contribution in [0.15, 0.2) is 64.2 Å². The fourth-order valence-electron chi connectivity index (χ4n) is 1.96. The summed E-state index contributed by atoms with van der Waals surface area (Å²) >= 11 is 0. The highest BCUT2D eigenvalue weighted by Gasteiger charge is 2.01. The third kappa shape index (κ3) is 8.61. The molecule has 0 aromatic heterocycles. The van der Waals surface area contributed by atoms with Gasteiger partial charge in [0.2, 0.25) is 0 Å². The molecule has 1 nitrogen and oxygen atoms in total. The second kappa shape index (κ2) is 11.0. The van der Waals surface area contributed by atoms with E-state index in [1.165, 1.54) is 16.7 Å². The van der Waals surface area contributed by atoms with Crippen molar-refractivity contribution in [1.82, 2.24) is 0 Å². The molecule has 0 aromatic carbocycles. The summed E-state index contributed by atoms with van der Waals surface area (Å²) in [5, 5.41) is 0. The maximum Gasteiger partial charge on any atom is 0.0361 e. The van der Waals surface area contributed by atoms with Crippen LogP contribution in [-0.4, -0.2) is 12.8 Å². The minimum absolute atomic E-state index is 0.575. The zero-order valence-corrected chi connectivity index (χ0v) is 15.4. The maximum absolute atomic E-state index is 4.25. The molecule has 0 radical (unpaired) electrons. The van der Waals surface area contributed by atoms with Crippen LogP contribution < -0.4 is 0 Å². The van der Waals surface area contributed by atoms with Crippen LogP contribution in [0.25, 0.3) is 0 Å². The molecule has 0 spiro atoms. The van der Waals surface area contributed by atoms with Gasteiger partial charge in [-0.15, -0.1) is 6.58 Å². The molecule has 0 fully saturated rings. The molecule has 0 rings (SSSR count). The Bertz CT molecular complexity index is 498. The van der Waals surface area contributed by atoms with Crippen molar-refractivity contribution >= 4 is 6.21 Å².